The maximum Gasteiger partial charge on any atom is 0.261 e. The number of hydrogen-bond donors (Lipinski definition) is 1. The number of hydrogen-bond acceptors (Lipinski definition) is 4. The molecule has 0 saturated heterocycles. The van der Waals surface area contributed by atoms with Crippen LogP contribution < -0.4 is 5.32 Å². The van der Waals surface area contributed by atoms with Crippen molar-refractivity contribution in [2.24, 2.45) is 0 Å². The normalized spacial score (nSPS) is 12.7. The number of imide groups is 1. The van der Waals surface area contributed by atoms with Gasteiger partial charge in [-0.3, -0.25) is 24.1 Å². The summed E-state index contributed by atoms with van der Waals surface area (Å²) in [7, 11) is 0. The van der Waals surface area contributed by atoms with Crippen molar-refractivity contribution in [1.82, 2.24) is 9.80 Å². The van der Waals surface area contributed by atoms with Crippen LogP contribution in [0.5, 0.6) is 0 Å². The first kappa shape index (κ1) is 22.2. The molecule has 7 heteroatoms. The maximum absolute atomic E-state index is 12.5. The summed E-state index contributed by atoms with van der Waals surface area (Å²) in [6.07, 6.45) is 0.543. The lowest BCUT2D eigenvalue weighted by Gasteiger charge is -2.18. The van der Waals surface area contributed by atoms with Crippen LogP contribution in [0.25, 0.3) is 0 Å². The second-order valence-corrected chi connectivity index (χ2v) is 7.52. The van der Waals surface area contributed by atoms with Gasteiger partial charge in [0, 0.05) is 37.3 Å². The predicted octanol–water partition coefficient (Wildman–Crippen LogP) is 3.49. The third kappa shape index (κ3) is 4.82. The molecule has 162 valence electrons. The Hall–Kier alpha value is -3.48. The molecule has 3 rings (SSSR count). The van der Waals surface area contributed by atoms with Crippen LogP contribution in [-0.4, -0.2) is 53.1 Å². The highest BCUT2D eigenvalue weighted by Gasteiger charge is 2.34. The van der Waals surface area contributed by atoms with E-state index in [1.807, 2.05) is 26.8 Å². The van der Waals surface area contributed by atoms with Gasteiger partial charge in [0.05, 0.1) is 11.1 Å². The van der Waals surface area contributed by atoms with Crippen molar-refractivity contribution < 1.29 is 19.2 Å². The smallest absolute Gasteiger partial charge is 0.261 e. The summed E-state index contributed by atoms with van der Waals surface area (Å²) in [5.41, 5.74) is 2.93. The lowest BCUT2D eigenvalue weighted by molar-refractivity contribution is -0.116. The Balaban J connectivity index is 1.50. The number of fused-ring (bicyclic) bond motifs is 1. The maximum atomic E-state index is 12.5. The number of carbonyl (C=O) groups excluding carboxylic acids is 4. The summed E-state index contributed by atoms with van der Waals surface area (Å²) < 4.78 is 0. The number of amides is 4. The Kier molecular flexibility index (Phi) is 6.84. The standard InChI is InChI=1S/C24H27N3O4/c1-4-26(5-2)22(29)17-9-11-18(12-10-17)25-21(28)7-6-14-27-23(30)19-13-8-16(3)15-20(19)24(27)31/h8-13,15H,4-7,14H2,1-3H3,(H,25,28). The molecule has 2 aromatic carbocycles. The highest BCUT2D eigenvalue weighted by molar-refractivity contribution is 6.21. The number of nitrogens with one attached hydrogen (secondary N) is 1. The fourth-order valence-corrected chi connectivity index (χ4v) is 3.62. The monoisotopic (exact) mass is 421 g/mol. The molecular weight excluding hydrogens is 394 g/mol. The van der Waals surface area contributed by atoms with E-state index in [1.165, 1.54) is 4.90 Å². The van der Waals surface area contributed by atoms with Crippen LogP contribution in [0.15, 0.2) is 42.5 Å². The second-order valence-electron chi connectivity index (χ2n) is 7.52. The molecule has 0 atom stereocenters. The van der Waals surface area contributed by atoms with Crippen LogP contribution in [0, 0.1) is 6.92 Å². The van der Waals surface area contributed by atoms with Gasteiger partial charge in [-0.25, -0.2) is 0 Å². The summed E-state index contributed by atoms with van der Waals surface area (Å²) in [5.74, 6) is -0.874. The number of nitrogens with zero attached hydrogens (tertiary/aromatic N) is 2. The number of rotatable bonds is 8. The Labute approximate surface area is 182 Å². The van der Waals surface area contributed by atoms with Crippen molar-refractivity contribution in [1.29, 1.82) is 0 Å². The van der Waals surface area contributed by atoms with E-state index in [0.29, 0.717) is 41.9 Å². The highest BCUT2D eigenvalue weighted by Crippen LogP contribution is 2.24. The van der Waals surface area contributed by atoms with Gasteiger partial charge in [0.1, 0.15) is 0 Å². The number of anilines is 1. The van der Waals surface area contributed by atoms with Gasteiger partial charge in [-0.2, -0.15) is 0 Å². The van der Waals surface area contributed by atoms with Crippen molar-refractivity contribution in [3.05, 3.63) is 64.7 Å². The predicted molar refractivity (Wildman–Crippen MR) is 118 cm³/mol. The Morgan fingerprint density at radius 2 is 1.58 bits per heavy atom. The fourth-order valence-electron chi connectivity index (χ4n) is 3.62. The number of aryl methyl sites for hydroxylation is 1. The second kappa shape index (κ2) is 9.55. The molecule has 0 fully saturated rings. The van der Waals surface area contributed by atoms with Crippen molar-refractivity contribution in [2.75, 3.05) is 25.0 Å². The largest absolute Gasteiger partial charge is 0.339 e. The summed E-state index contributed by atoms with van der Waals surface area (Å²) in [6, 6.07) is 12.0. The van der Waals surface area contributed by atoms with Gasteiger partial charge in [0.15, 0.2) is 0 Å². The van der Waals surface area contributed by atoms with E-state index in [9.17, 15) is 19.2 Å². The molecule has 2 aromatic rings. The lowest BCUT2D eigenvalue weighted by Crippen LogP contribution is -2.31. The fraction of sp³-hybridized carbons (Fsp3) is 0.333. The Morgan fingerprint density at radius 1 is 0.935 bits per heavy atom. The molecule has 7 nitrogen and oxygen atoms in total. The molecule has 31 heavy (non-hydrogen) atoms. The van der Waals surface area contributed by atoms with Gasteiger partial charge in [-0.15, -0.1) is 0 Å². The van der Waals surface area contributed by atoms with Crippen LogP contribution >= 0.6 is 0 Å². The molecule has 1 heterocycles. The zero-order valence-corrected chi connectivity index (χ0v) is 18.1. The molecule has 4 amide bonds. The van der Waals surface area contributed by atoms with Crippen molar-refractivity contribution in [3.63, 3.8) is 0 Å². The summed E-state index contributed by atoms with van der Waals surface area (Å²) >= 11 is 0. The van der Waals surface area contributed by atoms with E-state index >= 15 is 0 Å². The van der Waals surface area contributed by atoms with E-state index < -0.39 is 0 Å². The lowest BCUT2D eigenvalue weighted by atomic mass is 10.1. The minimum atomic E-state index is -0.311. The average molecular weight is 421 g/mol. The van der Waals surface area contributed by atoms with Crippen LogP contribution in [-0.2, 0) is 4.79 Å². The minimum absolute atomic E-state index is 0.0426. The van der Waals surface area contributed by atoms with E-state index in [0.717, 1.165) is 5.56 Å². The first-order valence-electron chi connectivity index (χ1n) is 10.5. The van der Waals surface area contributed by atoms with Crippen LogP contribution in [0.1, 0.15) is 63.3 Å². The van der Waals surface area contributed by atoms with Crippen molar-refractivity contribution in [2.45, 2.75) is 33.6 Å². The Morgan fingerprint density at radius 3 is 2.23 bits per heavy atom. The number of carbonyl (C=O) groups is 4. The quantitative estimate of drug-likeness (QED) is 0.661. The van der Waals surface area contributed by atoms with Crippen molar-refractivity contribution >= 4 is 29.3 Å². The molecule has 0 saturated carbocycles. The molecule has 0 unspecified atom stereocenters. The van der Waals surface area contributed by atoms with E-state index in [-0.39, 0.29) is 36.6 Å². The number of benzene rings is 2. The van der Waals surface area contributed by atoms with Gasteiger partial charge >= 0.3 is 0 Å². The van der Waals surface area contributed by atoms with Gasteiger partial charge in [0.25, 0.3) is 17.7 Å². The Bertz CT molecular complexity index is 1010. The third-order valence-corrected chi connectivity index (χ3v) is 5.38. The minimum Gasteiger partial charge on any atom is -0.339 e. The van der Waals surface area contributed by atoms with Gasteiger partial charge in [-0.1, -0.05) is 11.6 Å². The van der Waals surface area contributed by atoms with Crippen LogP contribution in [0.3, 0.4) is 0 Å². The van der Waals surface area contributed by atoms with Gasteiger partial charge < -0.3 is 10.2 Å². The summed E-state index contributed by atoms with van der Waals surface area (Å²) in [4.78, 5) is 52.4. The zero-order valence-electron chi connectivity index (χ0n) is 18.1. The van der Waals surface area contributed by atoms with Crippen LogP contribution in [0.2, 0.25) is 0 Å². The zero-order chi connectivity index (χ0) is 22.5. The molecule has 0 spiro atoms. The summed E-state index contributed by atoms with van der Waals surface area (Å²) in [5, 5.41) is 2.79. The molecule has 1 aliphatic rings. The average Bonchev–Trinajstić information content (AvgIpc) is 2.99. The summed E-state index contributed by atoms with van der Waals surface area (Å²) in [6.45, 7) is 7.20. The topological polar surface area (TPSA) is 86.8 Å². The molecule has 0 aromatic heterocycles. The SMILES string of the molecule is CCN(CC)C(=O)c1ccc(NC(=O)CCCN2C(=O)c3ccc(C)cc3C2=O)cc1. The molecule has 1 aliphatic heterocycles. The third-order valence-electron chi connectivity index (χ3n) is 5.38. The van der Waals surface area contributed by atoms with E-state index in [4.69, 9.17) is 0 Å². The van der Waals surface area contributed by atoms with E-state index in [2.05, 4.69) is 5.32 Å². The van der Waals surface area contributed by atoms with E-state index in [1.54, 1.807) is 41.3 Å². The molecule has 0 bridgehead atoms. The first-order chi connectivity index (χ1) is 14.8. The van der Waals surface area contributed by atoms with Crippen LogP contribution in [0.4, 0.5) is 5.69 Å². The molecular formula is C24H27N3O4. The highest BCUT2D eigenvalue weighted by atomic mass is 16.2. The van der Waals surface area contributed by atoms with Gasteiger partial charge in [0.2, 0.25) is 5.91 Å². The first-order valence-corrected chi connectivity index (χ1v) is 10.5. The van der Waals surface area contributed by atoms with Gasteiger partial charge in [-0.05, 0) is 63.6 Å². The molecule has 1 N–H and O–H groups in total. The molecule has 0 aliphatic carbocycles. The van der Waals surface area contributed by atoms with Crippen molar-refractivity contribution in [3.8, 4) is 0 Å². The molecule has 0 radical (unpaired) electrons.